The van der Waals surface area contributed by atoms with Gasteiger partial charge in [-0.1, -0.05) is 0 Å². The SMILES string of the molecule is COc1cc(-n2cccc2)c(Br)cc1Br. The molecule has 0 saturated heterocycles. The van der Waals surface area contributed by atoms with Crippen LogP contribution in [0, 0.1) is 0 Å². The van der Waals surface area contributed by atoms with Gasteiger partial charge in [0.25, 0.3) is 0 Å². The van der Waals surface area contributed by atoms with E-state index in [1.807, 2.05) is 41.2 Å². The molecule has 0 unspecified atom stereocenters. The van der Waals surface area contributed by atoms with Crippen molar-refractivity contribution >= 4 is 31.9 Å². The summed E-state index contributed by atoms with van der Waals surface area (Å²) in [6.45, 7) is 0. The number of halogens is 2. The van der Waals surface area contributed by atoms with Crippen LogP contribution in [0.2, 0.25) is 0 Å². The maximum atomic E-state index is 5.26. The van der Waals surface area contributed by atoms with Crippen molar-refractivity contribution in [3.8, 4) is 11.4 Å². The van der Waals surface area contributed by atoms with Crippen molar-refractivity contribution in [3.63, 3.8) is 0 Å². The summed E-state index contributed by atoms with van der Waals surface area (Å²) in [5.41, 5.74) is 1.06. The Kier molecular flexibility index (Phi) is 3.17. The number of hydrogen-bond acceptors (Lipinski definition) is 1. The van der Waals surface area contributed by atoms with Crippen LogP contribution in [0.15, 0.2) is 45.6 Å². The fourth-order valence-corrected chi connectivity index (χ4v) is 2.73. The molecule has 0 aliphatic carbocycles. The first-order valence-electron chi connectivity index (χ1n) is 4.39. The molecule has 2 rings (SSSR count). The van der Waals surface area contributed by atoms with E-state index < -0.39 is 0 Å². The minimum absolute atomic E-state index is 0.821. The number of hydrogen-bond donors (Lipinski definition) is 0. The zero-order chi connectivity index (χ0) is 10.8. The molecule has 0 aliphatic heterocycles. The standard InChI is InChI=1S/C11H9Br2NO/c1-15-11-7-10(8(12)6-9(11)13)14-4-2-3-5-14/h2-7H,1H3. The van der Waals surface area contributed by atoms with Crippen LogP contribution in [0.25, 0.3) is 5.69 Å². The van der Waals surface area contributed by atoms with E-state index in [1.165, 1.54) is 0 Å². The van der Waals surface area contributed by atoms with Gasteiger partial charge >= 0.3 is 0 Å². The smallest absolute Gasteiger partial charge is 0.135 e. The summed E-state index contributed by atoms with van der Waals surface area (Å²) < 4.78 is 9.24. The van der Waals surface area contributed by atoms with Crippen LogP contribution in [-0.4, -0.2) is 11.7 Å². The Hall–Kier alpha value is -0.740. The Labute approximate surface area is 105 Å². The van der Waals surface area contributed by atoms with Crippen molar-refractivity contribution in [2.75, 3.05) is 7.11 Å². The second-order valence-corrected chi connectivity index (χ2v) is 4.74. The van der Waals surface area contributed by atoms with E-state index in [9.17, 15) is 0 Å². The predicted octanol–water partition coefficient (Wildman–Crippen LogP) is 4.01. The van der Waals surface area contributed by atoms with Gasteiger partial charge in [-0.3, -0.25) is 0 Å². The maximum Gasteiger partial charge on any atom is 0.135 e. The van der Waals surface area contributed by atoms with Gasteiger partial charge in [0, 0.05) is 22.9 Å². The van der Waals surface area contributed by atoms with E-state index in [4.69, 9.17) is 4.74 Å². The molecule has 0 atom stereocenters. The highest BCUT2D eigenvalue weighted by molar-refractivity contribution is 9.11. The van der Waals surface area contributed by atoms with Gasteiger partial charge in [0.05, 0.1) is 17.3 Å². The van der Waals surface area contributed by atoms with Gasteiger partial charge in [0.1, 0.15) is 5.75 Å². The Morgan fingerprint density at radius 2 is 1.73 bits per heavy atom. The van der Waals surface area contributed by atoms with Crippen LogP contribution in [0.4, 0.5) is 0 Å². The number of rotatable bonds is 2. The number of aromatic nitrogens is 1. The zero-order valence-electron chi connectivity index (χ0n) is 8.08. The molecule has 15 heavy (non-hydrogen) atoms. The normalized spacial score (nSPS) is 10.3. The van der Waals surface area contributed by atoms with Crippen LogP contribution < -0.4 is 4.74 Å². The summed E-state index contributed by atoms with van der Waals surface area (Å²) in [7, 11) is 1.66. The van der Waals surface area contributed by atoms with Crippen LogP contribution >= 0.6 is 31.9 Å². The highest BCUT2D eigenvalue weighted by Crippen LogP contribution is 2.33. The van der Waals surface area contributed by atoms with E-state index >= 15 is 0 Å². The second kappa shape index (κ2) is 4.41. The molecule has 0 aliphatic rings. The molecule has 1 aromatic carbocycles. The summed E-state index contributed by atoms with van der Waals surface area (Å²) in [6, 6.07) is 7.93. The third kappa shape index (κ3) is 2.11. The molecule has 4 heteroatoms. The average molecular weight is 331 g/mol. The number of benzene rings is 1. The lowest BCUT2D eigenvalue weighted by atomic mass is 10.3. The Morgan fingerprint density at radius 1 is 1.07 bits per heavy atom. The number of ether oxygens (including phenoxy) is 1. The van der Waals surface area contributed by atoms with Gasteiger partial charge in [0.15, 0.2) is 0 Å². The lowest BCUT2D eigenvalue weighted by Gasteiger charge is -2.10. The molecule has 0 saturated carbocycles. The molecule has 0 radical (unpaired) electrons. The molecule has 1 heterocycles. The predicted molar refractivity (Wildman–Crippen MR) is 67.7 cm³/mol. The first-order valence-corrected chi connectivity index (χ1v) is 5.97. The van der Waals surface area contributed by atoms with E-state index in [0.717, 1.165) is 20.4 Å². The first kappa shape index (κ1) is 10.8. The highest BCUT2D eigenvalue weighted by Gasteiger charge is 2.07. The van der Waals surface area contributed by atoms with Gasteiger partial charge in [-0.15, -0.1) is 0 Å². The quantitative estimate of drug-likeness (QED) is 0.811. The van der Waals surface area contributed by atoms with Crippen molar-refractivity contribution in [1.82, 2.24) is 4.57 Å². The summed E-state index contributed by atoms with van der Waals surface area (Å²) in [5, 5.41) is 0. The van der Waals surface area contributed by atoms with Crippen LogP contribution in [0.3, 0.4) is 0 Å². The lowest BCUT2D eigenvalue weighted by Crippen LogP contribution is -1.93. The molecule has 0 fully saturated rings. The zero-order valence-corrected chi connectivity index (χ0v) is 11.2. The molecule has 1 aromatic heterocycles. The van der Waals surface area contributed by atoms with Crippen LogP contribution in [0.5, 0.6) is 5.75 Å². The van der Waals surface area contributed by atoms with Crippen molar-refractivity contribution in [2.24, 2.45) is 0 Å². The minimum atomic E-state index is 0.821. The summed E-state index contributed by atoms with van der Waals surface area (Å²) in [6.07, 6.45) is 3.99. The van der Waals surface area contributed by atoms with E-state index in [1.54, 1.807) is 7.11 Å². The molecular formula is C11H9Br2NO. The van der Waals surface area contributed by atoms with E-state index in [2.05, 4.69) is 31.9 Å². The van der Waals surface area contributed by atoms with Gasteiger partial charge in [-0.2, -0.15) is 0 Å². The largest absolute Gasteiger partial charge is 0.495 e. The summed E-state index contributed by atoms with van der Waals surface area (Å²) in [4.78, 5) is 0. The molecule has 0 N–H and O–H groups in total. The second-order valence-electron chi connectivity index (χ2n) is 3.03. The molecule has 78 valence electrons. The minimum Gasteiger partial charge on any atom is -0.495 e. The molecule has 2 aromatic rings. The van der Waals surface area contributed by atoms with Crippen molar-refractivity contribution in [2.45, 2.75) is 0 Å². The molecule has 0 bridgehead atoms. The van der Waals surface area contributed by atoms with Gasteiger partial charge < -0.3 is 9.30 Å². The Bertz CT molecular complexity index is 466. The van der Waals surface area contributed by atoms with Crippen molar-refractivity contribution < 1.29 is 4.74 Å². The maximum absolute atomic E-state index is 5.26. The number of methoxy groups -OCH3 is 1. The Morgan fingerprint density at radius 3 is 2.33 bits per heavy atom. The van der Waals surface area contributed by atoms with E-state index in [-0.39, 0.29) is 0 Å². The van der Waals surface area contributed by atoms with Gasteiger partial charge in [0.2, 0.25) is 0 Å². The molecular weight excluding hydrogens is 322 g/mol. The molecule has 2 nitrogen and oxygen atoms in total. The highest BCUT2D eigenvalue weighted by atomic mass is 79.9. The van der Waals surface area contributed by atoms with Crippen molar-refractivity contribution in [1.29, 1.82) is 0 Å². The average Bonchev–Trinajstić information content (AvgIpc) is 2.71. The summed E-state index contributed by atoms with van der Waals surface area (Å²) in [5.74, 6) is 0.821. The van der Waals surface area contributed by atoms with Crippen LogP contribution in [-0.2, 0) is 0 Å². The lowest BCUT2D eigenvalue weighted by molar-refractivity contribution is 0.412. The fraction of sp³-hybridized carbons (Fsp3) is 0.0909. The fourth-order valence-electron chi connectivity index (χ4n) is 1.37. The van der Waals surface area contributed by atoms with Crippen LogP contribution in [0.1, 0.15) is 0 Å². The number of nitrogens with zero attached hydrogens (tertiary/aromatic N) is 1. The first-order chi connectivity index (χ1) is 7.22. The molecule has 0 amide bonds. The topological polar surface area (TPSA) is 14.2 Å². The summed E-state index contributed by atoms with van der Waals surface area (Å²) >= 11 is 6.97. The van der Waals surface area contributed by atoms with Crippen molar-refractivity contribution in [3.05, 3.63) is 45.6 Å². The monoisotopic (exact) mass is 329 g/mol. The van der Waals surface area contributed by atoms with E-state index in [0.29, 0.717) is 0 Å². The van der Waals surface area contributed by atoms with Gasteiger partial charge in [-0.25, -0.2) is 0 Å². The van der Waals surface area contributed by atoms with Gasteiger partial charge in [-0.05, 0) is 50.1 Å². The third-order valence-corrected chi connectivity index (χ3v) is 3.36. The Balaban J connectivity index is 2.57. The third-order valence-electron chi connectivity index (χ3n) is 2.10. The molecule has 0 spiro atoms.